The van der Waals surface area contributed by atoms with Crippen molar-refractivity contribution in [1.29, 1.82) is 0 Å². The molecule has 0 bridgehead atoms. The molecule has 28 heavy (non-hydrogen) atoms. The summed E-state index contributed by atoms with van der Waals surface area (Å²) in [5.74, 6) is 0.352. The van der Waals surface area contributed by atoms with Crippen molar-refractivity contribution in [3.05, 3.63) is 82.9 Å². The van der Waals surface area contributed by atoms with Crippen LogP contribution in [-0.4, -0.2) is 27.2 Å². The molecule has 1 aromatic heterocycles. The lowest BCUT2D eigenvalue weighted by atomic mass is 10.2. The number of aromatic amines is 1. The van der Waals surface area contributed by atoms with Crippen molar-refractivity contribution in [3.8, 4) is 17.1 Å². The Labute approximate surface area is 165 Å². The van der Waals surface area contributed by atoms with Crippen LogP contribution in [0.4, 0.5) is 0 Å². The fourth-order valence-electron chi connectivity index (χ4n) is 2.75. The molecule has 0 fully saturated rings. The third-order valence-electron chi connectivity index (χ3n) is 4.18. The number of para-hydroxylation sites is 1. The number of carbonyl (C=O) groups excluding carboxylic acids is 1. The van der Waals surface area contributed by atoms with Gasteiger partial charge in [-0.05, 0) is 42.5 Å². The van der Waals surface area contributed by atoms with Crippen LogP contribution in [0.2, 0.25) is 5.02 Å². The molecular formula is C21H15ClN4O2. The number of phenols is 1. The van der Waals surface area contributed by atoms with E-state index >= 15 is 0 Å². The van der Waals surface area contributed by atoms with Gasteiger partial charge in [0.1, 0.15) is 11.6 Å². The van der Waals surface area contributed by atoms with Gasteiger partial charge in [-0.25, -0.2) is 10.4 Å². The number of carbonyl (C=O) groups is 1. The highest BCUT2D eigenvalue weighted by Crippen LogP contribution is 2.27. The van der Waals surface area contributed by atoms with Gasteiger partial charge in [0.15, 0.2) is 0 Å². The van der Waals surface area contributed by atoms with E-state index in [0.29, 0.717) is 27.5 Å². The fourth-order valence-corrected chi connectivity index (χ4v) is 2.98. The Morgan fingerprint density at radius 3 is 2.71 bits per heavy atom. The minimum atomic E-state index is -0.373. The Balaban J connectivity index is 1.55. The highest BCUT2D eigenvalue weighted by Gasteiger charge is 2.11. The molecule has 6 nitrogen and oxygen atoms in total. The number of aromatic nitrogens is 2. The lowest BCUT2D eigenvalue weighted by molar-refractivity contribution is 0.0955. The second-order valence-corrected chi connectivity index (χ2v) is 6.46. The van der Waals surface area contributed by atoms with Crippen LogP contribution in [0.15, 0.2) is 71.8 Å². The van der Waals surface area contributed by atoms with E-state index < -0.39 is 0 Å². The molecular weight excluding hydrogens is 376 g/mol. The van der Waals surface area contributed by atoms with Gasteiger partial charge >= 0.3 is 0 Å². The molecule has 0 aliphatic carbocycles. The van der Waals surface area contributed by atoms with Gasteiger partial charge in [0, 0.05) is 16.7 Å². The molecule has 0 radical (unpaired) electrons. The van der Waals surface area contributed by atoms with E-state index in [2.05, 4.69) is 20.5 Å². The van der Waals surface area contributed by atoms with E-state index in [1.807, 2.05) is 18.2 Å². The third-order valence-corrected chi connectivity index (χ3v) is 4.51. The summed E-state index contributed by atoms with van der Waals surface area (Å²) >= 11 is 6.23. The number of nitrogens with zero attached hydrogens (tertiary/aromatic N) is 2. The highest BCUT2D eigenvalue weighted by molar-refractivity contribution is 6.33. The summed E-state index contributed by atoms with van der Waals surface area (Å²) in [6.07, 6.45) is 1.39. The Kier molecular flexibility index (Phi) is 4.78. The van der Waals surface area contributed by atoms with E-state index in [0.717, 1.165) is 11.1 Å². The molecule has 0 spiro atoms. The zero-order valence-electron chi connectivity index (χ0n) is 14.6. The van der Waals surface area contributed by atoms with Crippen LogP contribution in [0.1, 0.15) is 15.9 Å². The number of H-pyrrole nitrogens is 1. The number of hydrazone groups is 1. The predicted octanol–water partition coefficient (Wildman–Crippen LogP) is 4.35. The molecule has 3 aromatic carbocycles. The summed E-state index contributed by atoms with van der Waals surface area (Å²) in [6, 6.07) is 19.3. The number of nitrogens with one attached hydrogen (secondary N) is 2. The Bertz CT molecular complexity index is 1200. The van der Waals surface area contributed by atoms with Gasteiger partial charge in [-0.1, -0.05) is 35.9 Å². The van der Waals surface area contributed by atoms with Crippen molar-refractivity contribution < 1.29 is 9.90 Å². The Hall–Kier alpha value is -3.64. The van der Waals surface area contributed by atoms with Crippen LogP contribution in [0.25, 0.3) is 22.4 Å². The SMILES string of the molecule is O=C(N/N=C/c1ccccc1O)c1ccc2nc(-c3ccccc3Cl)[nH]c2c1. The molecule has 138 valence electrons. The van der Waals surface area contributed by atoms with Crippen molar-refractivity contribution in [2.75, 3.05) is 0 Å². The second-order valence-electron chi connectivity index (χ2n) is 6.06. The molecule has 3 N–H and O–H groups in total. The van der Waals surface area contributed by atoms with Crippen molar-refractivity contribution in [1.82, 2.24) is 15.4 Å². The van der Waals surface area contributed by atoms with Crippen molar-refractivity contribution in [2.24, 2.45) is 5.10 Å². The van der Waals surface area contributed by atoms with Crippen LogP contribution in [0.5, 0.6) is 5.75 Å². The number of halogens is 1. The highest BCUT2D eigenvalue weighted by atomic mass is 35.5. The summed E-state index contributed by atoms with van der Waals surface area (Å²) in [6.45, 7) is 0. The zero-order chi connectivity index (χ0) is 19.5. The molecule has 0 atom stereocenters. The van der Waals surface area contributed by atoms with Crippen LogP contribution in [0, 0.1) is 0 Å². The van der Waals surface area contributed by atoms with Crippen LogP contribution >= 0.6 is 11.6 Å². The van der Waals surface area contributed by atoms with Crippen LogP contribution < -0.4 is 5.43 Å². The van der Waals surface area contributed by atoms with Gasteiger partial charge in [-0.2, -0.15) is 5.10 Å². The lowest BCUT2D eigenvalue weighted by Crippen LogP contribution is -2.17. The summed E-state index contributed by atoms with van der Waals surface area (Å²) in [5.41, 5.74) is 5.62. The maximum Gasteiger partial charge on any atom is 0.271 e. The van der Waals surface area contributed by atoms with E-state index in [9.17, 15) is 9.90 Å². The molecule has 4 aromatic rings. The normalized spacial score (nSPS) is 11.2. The van der Waals surface area contributed by atoms with Gasteiger partial charge in [-0.15, -0.1) is 0 Å². The molecule has 0 aliphatic rings. The number of fused-ring (bicyclic) bond motifs is 1. The number of aromatic hydroxyl groups is 1. The number of rotatable bonds is 4. The number of hydrogen-bond acceptors (Lipinski definition) is 4. The number of hydrogen-bond donors (Lipinski definition) is 3. The fraction of sp³-hybridized carbons (Fsp3) is 0. The number of imidazole rings is 1. The molecule has 1 amide bonds. The molecule has 1 heterocycles. The summed E-state index contributed by atoms with van der Waals surface area (Å²) in [5, 5.41) is 14.2. The molecule has 7 heteroatoms. The largest absolute Gasteiger partial charge is 0.507 e. The summed E-state index contributed by atoms with van der Waals surface area (Å²) in [4.78, 5) is 20.1. The first kappa shape index (κ1) is 17.8. The molecule has 0 aliphatic heterocycles. The quantitative estimate of drug-likeness (QED) is 0.357. The molecule has 4 rings (SSSR count). The number of phenolic OH excluding ortho intramolecular Hbond substituents is 1. The average molecular weight is 391 g/mol. The van der Waals surface area contributed by atoms with E-state index in [1.54, 1.807) is 48.5 Å². The number of amides is 1. The zero-order valence-corrected chi connectivity index (χ0v) is 15.3. The predicted molar refractivity (Wildman–Crippen MR) is 110 cm³/mol. The molecule has 0 saturated carbocycles. The third kappa shape index (κ3) is 3.58. The van der Waals surface area contributed by atoms with E-state index in [1.165, 1.54) is 6.21 Å². The van der Waals surface area contributed by atoms with Gasteiger partial charge in [0.25, 0.3) is 5.91 Å². The van der Waals surface area contributed by atoms with Crippen LogP contribution in [0.3, 0.4) is 0 Å². The summed E-state index contributed by atoms with van der Waals surface area (Å²) in [7, 11) is 0. The Morgan fingerprint density at radius 2 is 1.89 bits per heavy atom. The first-order valence-corrected chi connectivity index (χ1v) is 8.86. The van der Waals surface area contributed by atoms with Gasteiger partial charge in [0.05, 0.1) is 22.3 Å². The average Bonchev–Trinajstić information content (AvgIpc) is 3.12. The standard InChI is InChI=1S/C21H15ClN4O2/c22-16-7-3-2-6-15(16)20-24-17-10-9-13(11-18(17)25-20)21(28)26-23-12-14-5-1-4-8-19(14)27/h1-12,27H,(H,24,25)(H,26,28)/b23-12+. The second kappa shape index (κ2) is 7.54. The lowest BCUT2D eigenvalue weighted by Gasteiger charge is -2.00. The van der Waals surface area contributed by atoms with Gasteiger partial charge < -0.3 is 10.1 Å². The minimum absolute atomic E-state index is 0.0893. The van der Waals surface area contributed by atoms with Crippen molar-refractivity contribution in [3.63, 3.8) is 0 Å². The van der Waals surface area contributed by atoms with Crippen molar-refractivity contribution in [2.45, 2.75) is 0 Å². The smallest absolute Gasteiger partial charge is 0.271 e. The topological polar surface area (TPSA) is 90.4 Å². The first-order chi connectivity index (χ1) is 13.6. The Morgan fingerprint density at radius 1 is 1.11 bits per heavy atom. The first-order valence-electron chi connectivity index (χ1n) is 8.48. The monoisotopic (exact) mass is 390 g/mol. The molecule has 0 saturated heterocycles. The minimum Gasteiger partial charge on any atom is -0.507 e. The number of benzene rings is 3. The molecule has 0 unspecified atom stereocenters. The summed E-state index contributed by atoms with van der Waals surface area (Å²) < 4.78 is 0. The van der Waals surface area contributed by atoms with Crippen molar-refractivity contribution >= 4 is 34.8 Å². The van der Waals surface area contributed by atoms with Gasteiger partial charge in [-0.3, -0.25) is 4.79 Å². The maximum atomic E-state index is 12.4. The van der Waals surface area contributed by atoms with Crippen LogP contribution in [-0.2, 0) is 0 Å². The van der Waals surface area contributed by atoms with Gasteiger partial charge in [0.2, 0.25) is 0 Å². The van der Waals surface area contributed by atoms with E-state index in [-0.39, 0.29) is 11.7 Å². The maximum absolute atomic E-state index is 12.4. The van der Waals surface area contributed by atoms with E-state index in [4.69, 9.17) is 11.6 Å².